The predicted octanol–water partition coefficient (Wildman–Crippen LogP) is -2.81. The Morgan fingerprint density at radius 2 is 1.80 bits per heavy atom. The van der Waals surface area contributed by atoms with E-state index in [1.54, 1.807) is 0 Å². The number of rotatable bonds is 6. The lowest BCUT2D eigenvalue weighted by molar-refractivity contribution is -0.167. The summed E-state index contributed by atoms with van der Waals surface area (Å²) in [5.74, 6) is -1.65. The quantitative estimate of drug-likeness (QED) is 0.357. The molecule has 0 aliphatic carbocycles. The maximum atomic E-state index is 10.9. The van der Waals surface area contributed by atoms with Gasteiger partial charge in [0.1, 0.15) is 18.8 Å². The Bertz CT molecular complexity index is 227. The SMILES string of the molecule is CC(=O)COC(=O)[C@H](O)[C@@H](O)[C@H](O)CO. The van der Waals surface area contributed by atoms with Gasteiger partial charge in [-0.1, -0.05) is 0 Å². The molecule has 0 aliphatic rings. The molecule has 0 bridgehead atoms. The standard InChI is InChI=1S/C8H14O7/c1-4(10)3-15-8(14)7(13)6(12)5(11)2-9/h5-7,9,11-13H,2-3H2,1H3/t5-,6+,7-/m1/s1. The number of hydrogen-bond donors (Lipinski definition) is 4. The first-order valence-electron chi connectivity index (χ1n) is 4.21. The third-order valence-corrected chi connectivity index (χ3v) is 1.56. The van der Waals surface area contributed by atoms with Crippen molar-refractivity contribution >= 4 is 11.8 Å². The van der Waals surface area contributed by atoms with Crippen molar-refractivity contribution in [3.63, 3.8) is 0 Å². The number of hydrogen-bond acceptors (Lipinski definition) is 7. The van der Waals surface area contributed by atoms with Crippen molar-refractivity contribution in [3.8, 4) is 0 Å². The van der Waals surface area contributed by atoms with Crippen LogP contribution in [0.5, 0.6) is 0 Å². The van der Waals surface area contributed by atoms with Gasteiger partial charge in [0.2, 0.25) is 0 Å². The van der Waals surface area contributed by atoms with E-state index in [9.17, 15) is 9.59 Å². The number of ketones is 1. The minimum atomic E-state index is -1.99. The van der Waals surface area contributed by atoms with Gasteiger partial charge in [-0.05, 0) is 6.92 Å². The third-order valence-electron chi connectivity index (χ3n) is 1.56. The molecule has 0 aliphatic heterocycles. The molecule has 0 fully saturated rings. The Hall–Kier alpha value is -1.02. The number of Topliss-reactive ketones (excluding diaryl/α,β-unsaturated/α-hetero) is 1. The zero-order valence-electron chi connectivity index (χ0n) is 8.16. The summed E-state index contributed by atoms with van der Waals surface area (Å²) in [6.07, 6.45) is -5.49. The monoisotopic (exact) mass is 222 g/mol. The molecule has 88 valence electrons. The summed E-state index contributed by atoms with van der Waals surface area (Å²) in [7, 11) is 0. The van der Waals surface area contributed by atoms with Crippen molar-refractivity contribution in [1.82, 2.24) is 0 Å². The van der Waals surface area contributed by atoms with Gasteiger partial charge in [0.05, 0.1) is 6.61 Å². The summed E-state index contributed by atoms with van der Waals surface area (Å²) in [5.41, 5.74) is 0. The second kappa shape index (κ2) is 6.46. The molecule has 0 spiro atoms. The average molecular weight is 222 g/mol. The molecule has 0 heterocycles. The lowest BCUT2D eigenvalue weighted by Crippen LogP contribution is -2.44. The first kappa shape index (κ1) is 14.0. The molecule has 0 unspecified atom stereocenters. The Morgan fingerprint density at radius 3 is 2.20 bits per heavy atom. The Balaban J connectivity index is 4.13. The smallest absolute Gasteiger partial charge is 0.338 e. The number of aliphatic hydroxyl groups excluding tert-OH is 4. The zero-order chi connectivity index (χ0) is 12.0. The summed E-state index contributed by atoms with van der Waals surface area (Å²) in [6, 6.07) is 0. The lowest BCUT2D eigenvalue weighted by atomic mass is 10.1. The topological polar surface area (TPSA) is 124 Å². The van der Waals surface area contributed by atoms with E-state index in [0.29, 0.717) is 0 Å². The number of carbonyl (C=O) groups excluding carboxylic acids is 2. The summed E-state index contributed by atoms with van der Waals surface area (Å²) < 4.78 is 4.29. The second-order valence-electron chi connectivity index (χ2n) is 3.00. The Kier molecular flexibility index (Phi) is 6.02. The van der Waals surface area contributed by atoms with E-state index in [2.05, 4.69) is 4.74 Å². The fraction of sp³-hybridized carbons (Fsp3) is 0.750. The van der Waals surface area contributed by atoms with E-state index < -0.39 is 43.3 Å². The normalized spacial score (nSPS) is 16.6. The van der Waals surface area contributed by atoms with Crippen molar-refractivity contribution in [2.75, 3.05) is 13.2 Å². The van der Waals surface area contributed by atoms with Crippen LogP contribution in [0.25, 0.3) is 0 Å². The van der Waals surface area contributed by atoms with Crippen molar-refractivity contribution in [1.29, 1.82) is 0 Å². The van der Waals surface area contributed by atoms with Crippen LogP contribution < -0.4 is 0 Å². The van der Waals surface area contributed by atoms with Crippen LogP contribution in [0.4, 0.5) is 0 Å². The van der Waals surface area contributed by atoms with Crippen LogP contribution in [0.1, 0.15) is 6.92 Å². The van der Waals surface area contributed by atoms with Crippen molar-refractivity contribution < 1.29 is 34.8 Å². The van der Waals surface area contributed by atoms with Crippen molar-refractivity contribution in [2.24, 2.45) is 0 Å². The maximum absolute atomic E-state index is 10.9. The van der Waals surface area contributed by atoms with Gasteiger partial charge in [-0.15, -0.1) is 0 Å². The maximum Gasteiger partial charge on any atom is 0.338 e. The highest BCUT2D eigenvalue weighted by molar-refractivity contribution is 5.81. The first-order valence-corrected chi connectivity index (χ1v) is 4.21. The highest BCUT2D eigenvalue weighted by atomic mass is 16.6. The van der Waals surface area contributed by atoms with Gasteiger partial charge < -0.3 is 25.2 Å². The highest BCUT2D eigenvalue weighted by Crippen LogP contribution is 2.02. The molecular formula is C8H14O7. The minimum absolute atomic E-state index is 0.423. The summed E-state index contributed by atoms with van der Waals surface area (Å²) in [6.45, 7) is -0.144. The average Bonchev–Trinajstić information content (AvgIpc) is 2.22. The van der Waals surface area contributed by atoms with E-state index in [-0.39, 0.29) is 0 Å². The van der Waals surface area contributed by atoms with E-state index in [1.807, 2.05) is 0 Å². The second-order valence-corrected chi connectivity index (χ2v) is 3.00. The van der Waals surface area contributed by atoms with Gasteiger partial charge in [0.15, 0.2) is 11.9 Å². The predicted molar refractivity (Wildman–Crippen MR) is 46.7 cm³/mol. The molecule has 0 aromatic heterocycles. The van der Waals surface area contributed by atoms with Gasteiger partial charge >= 0.3 is 5.97 Å². The summed E-state index contributed by atoms with van der Waals surface area (Å²) >= 11 is 0. The largest absolute Gasteiger partial charge is 0.456 e. The molecule has 7 nitrogen and oxygen atoms in total. The molecule has 0 aromatic rings. The molecule has 7 heteroatoms. The van der Waals surface area contributed by atoms with E-state index in [0.717, 1.165) is 0 Å². The van der Waals surface area contributed by atoms with E-state index in [4.69, 9.17) is 20.4 Å². The van der Waals surface area contributed by atoms with E-state index in [1.165, 1.54) is 6.92 Å². The molecule has 0 saturated heterocycles. The van der Waals surface area contributed by atoms with Crippen LogP contribution in [0, 0.1) is 0 Å². The van der Waals surface area contributed by atoms with Crippen LogP contribution in [-0.4, -0.2) is 63.7 Å². The van der Waals surface area contributed by atoms with Gasteiger partial charge in [-0.3, -0.25) is 4.79 Å². The van der Waals surface area contributed by atoms with Crippen LogP contribution in [0.2, 0.25) is 0 Å². The van der Waals surface area contributed by atoms with Crippen molar-refractivity contribution in [2.45, 2.75) is 25.2 Å². The molecule has 15 heavy (non-hydrogen) atoms. The first-order chi connectivity index (χ1) is 6.90. The molecule has 0 amide bonds. The zero-order valence-corrected chi connectivity index (χ0v) is 8.16. The molecule has 0 radical (unpaired) electrons. The molecule has 0 rings (SSSR count). The molecule has 0 saturated carbocycles. The fourth-order valence-electron chi connectivity index (χ4n) is 0.716. The number of carbonyl (C=O) groups is 2. The van der Waals surface area contributed by atoms with Gasteiger partial charge in [-0.25, -0.2) is 4.79 Å². The summed E-state index contributed by atoms with van der Waals surface area (Å²) in [5, 5.41) is 35.5. The highest BCUT2D eigenvalue weighted by Gasteiger charge is 2.31. The number of aliphatic hydroxyl groups is 4. The molecule has 3 atom stereocenters. The van der Waals surface area contributed by atoms with Crippen LogP contribution in [0.15, 0.2) is 0 Å². The number of ether oxygens (including phenoxy) is 1. The summed E-state index contributed by atoms with van der Waals surface area (Å²) in [4.78, 5) is 21.4. The Morgan fingerprint density at radius 1 is 1.27 bits per heavy atom. The minimum Gasteiger partial charge on any atom is -0.456 e. The molecule has 4 N–H and O–H groups in total. The number of esters is 1. The Labute approximate surface area is 85.9 Å². The van der Waals surface area contributed by atoms with Crippen LogP contribution in [0.3, 0.4) is 0 Å². The van der Waals surface area contributed by atoms with Gasteiger partial charge in [0.25, 0.3) is 0 Å². The molecular weight excluding hydrogens is 208 g/mol. The van der Waals surface area contributed by atoms with Crippen molar-refractivity contribution in [3.05, 3.63) is 0 Å². The third kappa shape index (κ3) is 4.84. The van der Waals surface area contributed by atoms with Gasteiger partial charge in [-0.2, -0.15) is 0 Å². The lowest BCUT2D eigenvalue weighted by Gasteiger charge is -2.19. The van der Waals surface area contributed by atoms with Gasteiger partial charge in [0, 0.05) is 0 Å². The molecule has 0 aromatic carbocycles. The van der Waals surface area contributed by atoms with Crippen LogP contribution in [-0.2, 0) is 14.3 Å². The fourth-order valence-corrected chi connectivity index (χ4v) is 0.716. The van der Waals surface area contributed by atoms with Crippen LogP contribution >= 0.6 is 0 Å². The van der Waals surface area contributed by atoms with E-state index >= 15 is 0 Å².